The maximum absolute atomic E-state index is 6.08. The summed E-state index contributed by atoms with van der Waals surface area (Å²) in [5.41, 5.74) is 1.50. The fraction of sp³-hybridized carbons (Fsp3) is 0.429. The largest absolute Gasteiger partial charge is 0.494 e. The summed E-state index contributed by atoms with van der Waals surface area (Å²) in [6.07, 6.45) is 0. The molecule has 0 radical (unpaired) electrons. The van der Waals surface area contributed by atoms with Gasteiger partial charge in [-0.15, -0.1) is 0 Å². The van der Waals surface area contributed by atoms with Gasteiger partial charge in [0.15, 0.2) is 0 Å². The maximum Gasteiger partial charge on any atom is 0.494 e. The first kappa shape index (κ1) is 19.0. The molecule has 0 aliphatic carbocycles. The van der Waals surface area contributed by atoms with Gasteiger partial charge in [-0.25, -0.2) is 0 Å². The van der Waals surface area contributed by atoms with Crippen molar-refractivity contribution in [1.29, 1.82) is 0 Å². The Morgan fingerprint density at radius 1 is 0.808 bits per heavy atom. The van der Waals surface area contributed by atoms with Crippen LogP contribution < -0.4 is 10.2 Å². The molecule has 4 nitrogen and oxygen atoms in total. The van der Waals surface area contributed by atoms with E-state index in [1.165, 1.54) is 0 Å². The molecule has 2 aromatic carbocycles. The summed E-state index contributed by atoms with van der Waals surface area (Å²) < 4.78 is 23.4. The van der Waals surface area contributed by atoms with Crippen LogP contribution in [-0.2, 0) is 20.7 Å². The Balaban J connectivity index is 1.44. The van der Waals surface area contributed by atoms with E-state index in [-0.39, 0.29) is 18.3 Å². The molecule has 3 rings (SSSR count). The van der Waals surface area contributed by atoms with Crippen molar-refractivity contribution in [1.82, 2.24) is 0 Å². The van der Waals surface area contributed by atoms with E-state index in [1.807, 2.05) is 42.5 Å². The van der Waals surface area contributed by atoms with E-state index in [9.17, 15) is 0 Å². The predicted octanol–water partition coefficient (Wildman–Crippen LogP) is 3.58. The van der Waals surface area contributed by atoms with E-state index < -0.39 is 0 Å². The van der Waals surface area contributed by atoms with Crippen molar-refractivity contribution < 1.29 is 18.8 Å². The van der Waals surface area contributed by atoms with E-state index in [4.69, 9.17) is 18.8 Å². The molecule has 1 saturated heterocycles. The number of hydrogen-bond acceptors (Lipinski definition) is 4. The number of para-hydroxylation sites is 1. The second kappa shape index (κ2) is 7.83. The lowest BCUT2D eigenvalue weighted by atomic mass is 9.79. The molecule has 26 heavy (non-hydrogen) atoms. The van der Waals surface area contributed by atoms with Crippen molar-refractivity contribution in [3.05, 3.63) is 60.2 Å². The number of hydrogen-bond donors (Lipinski definition) is 0. The summed E-state index contributed by atoms with van der Waals surface area (Å²) in [7, 11) is -0.325. The minimum atomic E-state index is -0.325. The highest BCUT2D eigenvalue weighted by molar-refractivity contribution is 6.62. The summed E-state index contributed by atoms with van der Waals surface area (Å²) in [4.78, 5) is 0. The molecule has 0 bridgehead atoms. The molecule has 0 aromatic heterocycles. The first-order valence-corrected chi connectivity index (χ1v) is 9.07. The van der Waals surface area contributed by atoms with Crippen molar-refractivity contribution in [2.24, 2.45) is 0 Å². The van der Waals surface area contributed by atoms with Crippen LogP contribution in [0.2, 0.25) is 0 Å². The molecule has 0 amide bonds. The fourth-order valence-electron chi connectivity index (χ4n) is 2.68. The van der Waals surface area contributed by atoms with Gasteiger partial charge in [-0.1, -0.05) is 42.5 Å². The minimum Gasteiger partial charge on any atom is -0.491 e. The zero-order valence-corrected chi connectivity index (χ0v) is 16.0. The first-order chi connectivity index (χ1) is 12.4. The lowest BCUT2D eigenvalue weighted by Gasteiger charge is -2.32. The molecular formula is C21H27BO4. The third-order valence-corrected chi connectivity index (χ3v) is 5.01. The summed E-state index contributed by atoms with van der Waals surface area (Å²) >= 11 is 0. The fourth-order valence-corrected chi connectivity index (χ4v) is 2.68. The van der Waals surface area contributed by atoms with Gasteiger partial charge in [-0.3, -0.25) is 0 Å². The Kier molecular flexibility index (Phi) is 5.71. The van der Waals surface area contributed by atoms with Gasteiger partial charge in [-0.2, -0.15) is 0 Å². The van der Waals surface area contributed by atoms with Gasteiger partial charge in [0.1, 0.15) is 12.4 Å². The van der Waals surface area contributed by atoms with Gasteiger partial charge < -0.3 is 18.8 Å². The summed E-state index contributed by atoms with van der Waals surface area (Å²) in [5.74, 6) is 0.864. The van der Waals surface area contributed by atoms with Gasteiger partial charge in [0.25, 0.3) is 0 Å². The smallest absolute Gasteiger partial charge is 0.491 e. The second-order valence-corrected chi connectivity index (χ2v) is 7.54. The van der Waals surface area contributed by atoms with Crippen molar-refractivity contribution in [3.63, 3.8) is 0 Å². The normalized spacial score (nSPS) is 18.1. The average Bonchev–Trinajstić information content (AvgIpc) is 2.84. The van der Waals surface area contributed by atoms with Gasteiger partial charge in [0.2, 0.25) is 0 Å². The minimum absolute atomic E-state index is 0.321. The number of ether oxygens (including phenoxy) is 2. The SMILES string of the molecule is CC1(C)OB(c2ccc(COCCOc3ccccc3)cc2)OC1(C)C. The van der Waals surface area contributed by atoms with E-state index in [2.05, 4.69) is 39.8 Å². The quantitative estimate of drug-likeness (QED) is 0.563. The Morgan fingerprint density at radius 2 is 1.42 bits per heavy atom. The van der Waals surface area contributed by atoms with Gasteiger partial charge in [-0.05, 0) is 50.9 Å². The topological polar surface area (TPSA) is 36.9 Å². The second-order valence-electron chi connectivity index (χ2n) is 7.54. The maximum atomic E-state index is 6.08. The third kappa shape index (κ3) is 4.47. The van der Waals surface area contributed by atoms with Crippen LogP contribution in [-0.4, -0.2) is 31.5 Å². The van der Waals surface area contributed by atoms with Crippen LogP contribution in [0.15, 0.2) is 54.6 Å². The van der Waals surface area contributed by atoms with Crippen molar-refractivity contribution >= 4 is 12.6 Å². The molecule has 0 saturated carbocycles. The molecule has 5 heteroatoms. The summed E-state index contributed by atoms with van der Waals surface area (Å²) in [5, 5.41) is 0. The molecular weight excluding hydrogens is 327 g/mol. The average molecular weight is 354 g/mol. The summed E-state index contributed by atoms with van der Waals surface area (Å²) in [6.45, 7) is 9.89. The standard InChI is InChI=1S/C21H27BO4/c1-20(2)21(3,4)26-22(25-20)18-12-10-17(11-13-18)16-23-14-15-24-19-8-6-5-7-9-19/h5-13H,14-16H2,1-4H3. The van der Waals surface area contributed by atoms with Crippen molar-refractivity contribution in [2.75, 3.05) is 13.2 Å². The van der Waals surface area contributed by atoms with E-state index in [0.29, 0.717) is 19.8 Å². The Morgan fingerprint density at radius 3 is 2.04 bits per heavy atom. The van der Waals surface area contributed by atoms with Crippen LogP contribution in [0, 0.1) is 0 Å². The van der Waals surface area contributed by atoms with Crippen LogP contribution in [0.5, 0.6) is 5.75 Å². The third-order valence-electron chi connectivity index (χ3n) is 5.01. The zero-order chi connectivity index (χ0) is 18.6. The highest BCUT2D eigenvalue weighted by Crippen LogP contribution is 2.36. The van der Waals surface area contributed by atoms with Gasteiger partial charge >= 0.3 is 7.12 Å². The first-order valence-electron chi connectivity index (χ1n) is 9.07. The van der Waals surface area contributed by atoms with Gasteiger partial charge in [0, 0.05) is 0 Å². The van der Waals surface area contributed by atoms with Crippen LogP contribution in [0.3, 0.4) is 0 Å². The van der Waals surface area contributed by atoms with Crippen LogP contribution in [0.1, 0.15) is 33.3 Å². The molecule has 138 valence electrons. The monoisotopic (exact) mass is 354 g/mol. The highest BCUT2D eigenvalue weighted by Gasteiger charge is 2.51. The van der Waals surface area contributed by atoms with E-state index in [0.717, 1.165) is 16.8 Å². The zero-order valence-electron chi connectivity index (χ0n) is 16.0. The Bertz CT molecular complexity index is 682. The Hall–Kier alpha value is -1.82. The van der Waals surface area contributed by atoms with Crippen LogP contribution in [0.25, 0.3) is 0 Å². The van der Waals surface area contributed by atoms with Crippen molar-refractivity contribution in [3.8, 4) is 5.75 Å². The van der Waals surface area contributed by atoms with Gasteiger partial charge in [0.05, 0.1) is 24.4 Å². The van der Waals surface area contributed by atoms with E-state index >= 15 is 0 Å². The lowest BCUT2D eigenvalue weighted by Crippen LogP contribution is -2.41. The molecule has 0 spiro atoms. The molecule has 1 heterocycles. The number of benzene rings is 2. The summed E-state index contributed by atoms with van der Waals surface area (Å²) in [6, 6.07) is 18.0. The van der Waals surface area contributed by atoms with Crippen LogP contribution in [0.4, 0.5) is 0 Å². The molecule has 1 aliphatic rings. The van der Waals surface area contributed by atoms with E-state index in [1.54, 1.807) is 0 Å². The predicted molar refractivity (Wildman–Crippen MR) is 104 cm³/mol. The lowest BCUT2D eigenvalue weighted by molar-refractivity contribution is 0.00578. The molecule has 2 aromatic rings. The molecule has 0 unspecified atom stereocenters. The molecule has 0 N–H and O–H groups in total. The van der Waals surface area contributed by atoms with Crippen molar-refractivity contribution in [2.45, 2.75) is 45.5 Å². The Labute approximate surface area is 156 Å². The molecule has 1 aliphatic heterocycles. The highest BCUT2D eigenvalue weighted by atomic mass is 16.7. The van der Waals surface area contributed by atoms with Crippen LogP contribution >= 0.6 is 0 Å². The number of rotatable bonds is 7. The molecule has 0 atom stereocenters. The molecule has 1 fully saturated rings.